The molecule has 0 radical (unpaired) electrons. The Bertz CT molecular complexity index is 590. The molecule has 114 valence electrons. The number of hydrogen-bond donors (Lipinski definition) is 1. The normalized spacial score (nSPS) is 14.2. The number of anilines is 2. The molecule has 21 heavy (non-hydrogen) atoms. The summed E-state index contributed by atoms with van der Waals surface area (Å²) in [6.45, 7) is 6.23. The van der Waals surface area contributed by atoms with Gasteiger partial charge in [0.25, 0.3) is 0 Å². The van der Waals surface area contributed by atoms with Crippen molar-refractivity contribution in [2.45, 2.75) is 20.8 Å². The van der Waals surface area contributed by atoms with E-state index in [0.29, 0.717) is 24.6 Å². The molecule has 0 aliphatic carbocycles. The largest absolute Gasteiger partial charge is 0.490 e. The molecule has 0 bridgehead atoms. The Kier molecular flexibility index (Phi) is 3.80. The van der Waals surface area contributed by atoms with E-state index in [2.05, 4.69) is 0 Å². The monoisotopic (exact) mass is 292 g/mol. The number of carbonyl (C=O) groups is 2. The summed E-state index contributed by atoms with van der Waals surface area (Å²) >= 11 is 0. The van der Waals surface area contributed by atoms with Crippen molar-refractivity contribution in [1.29, 1.82) is 0 Å². The van der Waals surface area contributed by atoms with Gasteiger partial charge in [0.1, 0.15) is 23.6 Å². The quantitative estimate of drug-likeness (QED) is 0.630. The summed E-state index contributed by atoms with van der Waals surface area (Å²) in [5.74, 6) is -0.210. The number of nitrogens with two attached hydrogens (primary N) is 1. The second kappa shape index (κ2) is 5.27. The molecule has 0 saturated heterocycles. The Morgan fingerprint density at radius 2 is 2.00 bits per heavy atom. The lowest BCUT2D eigenvalue weighted by molar-refractivity contribution is -0.126. The summed E-state index contributed by atoms with van der Waals surface area (Å²) < 4.78 is 10.3. The molecule has 0 atom stereocenters. The van der Waals surface area contributed by atoms with Gasteiger partial charge in [-0.15, -0.1) is 0 Å². The number of hydrogen-bond acceptors (Lipinski definition) is 5. The van der Waals surface area contributed by atoms with E-state index in [4.69, 9.17) is 15.2 Å². The van der Waals surface area contributed by atoms with Gasteiger partial charge in [0.2, 0.25) is 5.91 Å². The lowest BCUT2D eigenvalue weighted by atomic mass is 9.93. The van der Waals surface area contributed by atoms with Gasteiger partial charge in [-0.1, -0.05) is 20.8 Å². The van der Waals surface area contributed by atoms with E-state index in [-0.39, 0.29) is 17.2 Å². The van der Waals surface area contributed by atoms with Gasteiger partial charge in [-0.2, -0.15) is 0 Å². The first kappa shape index (κ1) is 15.2. The second-order valence-electron chi connectivity index (χ2n) is 5.92. The third-order valence-electron chi connectivity index (χ3n) is 3.29. The first-order valence-corrected chi connectivity index (χ1v) is 6.73. The van der Waals surface area contributed by atoms with E-state index in [0.717, 1.165) is 0 Å². The fraction of sp³-hybridized carbons (Fsp3) is 0.467. The molecular weight excluding hydrogens is 272 g/mol. The van der Waals surface area contributed by atoms with Crippen molar-refractivity contribution in [3.05, 3.63) is 17.7 Å². The van der Waals surface area contributed by atoms with Gasteiger partial charge in [-0.3, -0.25) is 4.79 Å². The fourth-order valence-electron chi connectivity index (χ4n) is 2.26. The molecular formula is C15H20N2O4. The average Bonchev–Trinajstić information content (AvgIpc) is 2.44. The summed E-state index contributed by atoms with van der Waals surface area (Å²) in [5.41, 5.74) is 6.15. The molecule has 1 aromatic rings. The summed E-state index contributed by atoms with van der Waals surface area (Å²) in [7, 11) is 1.28. The van der Waals surface area contributed by atoms with Crippen LogP contribution in [-0.2, 0) is 9.53 Å². The van der Waals surface area contributed by atoms with Crippen LogP contribution in [0.2, 0.25) is 0 Å². The highest BCUT2D eigenvalue weighted by molar-refractivity contribution is 6.09. The maximum Gasteiger partial charge on any atom is 0.342 e. The number of rotatable bonds is 1. The molecule has 1 aromatic carbocycles. The number of esters is 1. The molecule has 2 N–H and O–H groups in total. The Labute approximate surface area is 123 Å². The van der Waals surface area contributed by atoms with Crippen molar-refractivity contribution in [3.63, 3.8) is 0 Å². The third kappa shape index (κ3) is 2.66. The molecule has 1 aliphatic heterocycles. The Morgan fingerprint density at radius 3 is 2.57 bits per heavy atom. The maximum absolute atomic E-state index is 12.6. The van der Waals surface area contributed by atoms with Crippen LogP contribution < -0.4 is 15.4 Å². The van der Waals surface area contributed by atoms with Crippen molar-refractivity contribution < 1.29 is 19.1 Å². The zero-order valence-corrected chi connectivity index (χ0v) is 12.7. The number of benzene rings is 1. The zero-order chi connectivity index (χ0) is 15.8. The van der Waals surface area contributed by atoms with E-state index >= 15 is 0 Å². The predicted molar refractivity (Wildman–Crippen MR) is 79.5 cm³/mol. The molecule has 1 heterocycles. The molecule has 1 amide bonds. The van der Waals surface area contributed by atoms with Gasteiger partial charge in [0.05, 0.1) is 13.7 Å². The average molecular weight is 292 g/mol. The highest BCUT2D eigenvalue weighted by Crippen LogP contribution is 2.40. The molecule has 0 unspecified atom stereocenters. The minimum absolute atomic E-state index is 0.0946. The Hall–Kier alpha value is -2.24. The Balaban J connectivity index is 2.62. The van der Waals surface area contributed by atoms with E-state index in [1.807, 2.05) is 20.8 Å². The van der Waals surface area contributed by atoms with Crippen molar-refractivity contribution in [2.24, 2.45) is 5.41 Å². The van der Waals surface area contributed by atoms with Gasteiger partial charge >= 0.3 is 5.97 Å². The van der Waals surface area contributed by atoms with Crippen molar-refractivity contribution in [2.75, 3.05) is 30.9 Å². The number of nitrogen functional groups attached to an aromatic ring is 1. The summed E-state index contributed by atoms with van der Waals surface area (Å²) in [6.07, 6.45) is 0. The highest BCUT2D eigenvalue weighted by Gasteiger charge is 2.35. The SMILES string of the molecule is COC(=O)c1c(N)ccc2c1N(C(=O)C(C)(C)C)CCO2. The standard InChI is InChI=1S/C15H20N2O4/c1-15(2,3)14(19)17-7-8-21-10-6-5-9(16)11(12(10)17)13(18)20-4/h5-6H,7-8,16H2,1-4H3. The van der Waals surface area contributed by atoms with Crippen LogP contribution in [0.15, 0.2) is 12.1 Å². The molecule has 0 aromatic heterocycles. The molecule has 0 fully saturated rings. The smallest absolute Gasteiger partial charge is 0.342 e. The van der Waals surface area contributed by atoms with Gasteiger partial charge in [0, 0.05) is 11.1 Å². The van der Waals surface area contributed by atoms with Crippen LogP contribution in [0, 0.1) is 5.41 Å². The van der Waals surface area contributed by atoms with Gasteiger partial charge in [-0.25, -0.2) is 4.79 Å². The number of nitrogens with zero attached hydrogens (tertiary/aromatic N) is 1. The summed E-state index contributed by atoms with van der Waals surface area (Å²) in [5, 5.41) is 0. The molecule has 0 saturated carbocycles. The van der Waals surface area contributed by atoms with Crippen LogP contribution in [0.4, 0.5) is 11.4 Å². The molecule has 6 nitrogen and oxygen atoms in total. The minimum atomic E-state index is -0.582. The number of methoxy groups -OCH3 is 1. The summed E-state index contributed by atoms with van der Waals surface area (Å²) in [4.78, 5) is 26.2. The van der Waals surface area contributed by atoms with Crippen LogP contribution in [0.5, 0.6) is 5.75 Å². The molecule has 6 heteroatoms. The van der Waals surface area contributed by atoms with Crippen LogP contribution in [-0.4, -0.2) is 32.1 Å². The van der Waals surface area contributed by atoms with Crippen LogP contribution in [0.1, 0.15) is 31.1 Å². The zero-order valence-electron chi connectivity index (χ0n) is 12.7. The number of amides is 1. The number of carbonyl (C=O) groups excluding carboxylic acids is 2. The van der Waals surface area contributed by atoms with Crippen LogP contribution in [0.25, 0.3) is 0 Å². The van der Waals surface area contributed by atoms with Gasteiger partial charge in [0.15, 0.2) is 0 Å². The molecule has 0 spiro atoms. The fourth-order valence-corrected chi connectivity index (χ4v) is 2.26. The number of fused-ring (bicyclic) bond motifs is 1. The minimum Gasteiger partial charge on any atom is -0.490 e. The van der Waals surface area contributed by atoms with Gasteiger partial charge in [-0.05, 0) is 12.1 Å². The first-order chi connectivity index (χ1) is 9.77. The Morgan fingerprint density at radius 1 is 1.33 bits per heavy atom. The van der Waals surface area contributed by atoms with Crippen molar-refractivity contribution >= 4 is 23.3 Å². The lowest BCUT2D eigenvalue weighted by Gasteiger charge is -2.35. The van der Waals surface area contributed by atoms with E-state index < -0.39 is 11.4 Å². The second-order valence-corrected chi connectivity index (χ2v) is 5.92. The van der Waals surface area contributed by atoms with Crippen molar-refractivity contribution in [1.82, 2.24) is 0 Å². The van der Waals surface area contributed by atoms with E-state index in [9.17, 15) is 9.59 Å². The van der Waals surface area contributed by atoms with E-state index in [1.54, 1.807) is 17.0 Å². The van der Waals surface area contributed by atoms with Gasteiger partial charge < -0.3 is 20.1 Å². The first-order valence-electron chi connectivity index (χ1n) is 6.73. The maximum atomic E-state index is 12.6. The van der Waals surface area contributed by atoms with Crippen molar-refractivity contribution in [3.8, 4) is 5.75 Å². The predicted octanol–water partition coefficient (Wildman–Crippen LogP) is 1.83. The number of ether oxygens (including phenoxy) is 2. The van der Waals surface area contributed by atoms with Crippen LogP contribution >= 0.6 is 0 Å². The van der Waals surface area contributed by atoms with E-state index in [1.165, 1.54) is 7.11 Å². The molecule has 2 rings (SSSR count). The highest BCUT2D eigenvalue weighted by atomic mass is 16.5. The topological polar surface area (TPSA) is 81.9 Å². The molecule has 1 aliphatic rings. The lowest BCUT2D eigenvalue weighted by Crippen LogP contribution is -2.45. The third-order valence-corrected chi connectivity index (χ3v) is 3.29. The van der Waals surface area contributed by atoms with Crippen LogP contribution in [0.3, 0.4) is 0 Å². The summed E-state index contributed by atoms with van der Waals surface area (Å²) in [6, 6.07) is 3.25.